The first kappa shape index (κ1) is 11.7. The van der Waals surface area contributed by atoms with Crippen molar-refractivity contribution >= 4 is 27.3 Å². The van der Waals surface area contributed by atoms with Crippen LogP contribution in [0.5, 0.6) is 0 Å². The van der Waals surface area contributed by atoms with E-state index in [1.54, 1.807) is 24.3 Å². The molecule has 4 nitrogen and oxygen atoms in total. The number of hydrogen-bond acceptors (Lipinski definition) is 3. The number of nitrogens with zero attached hydrogens (tertiary/aromatic N) is 1. The molecule has 16 heavy (non-hydrogen) atoms. The number of rotatable bonds is 2. The molecule has 2 rings (SSSR count). The number of anilines is 1. The smallest absolute Gasteiger partial charge is 0.239 e. The van der Waals surface area contributed by atoms with Gasteiger partial charge in [0, 0.05) is 18.1 Å². The Hall–Kier alpha value is -0.780. The van der Waals surface area contributed by atoms with E-state index in [-0.39, 0.29) is 6.54 Å². The zero-order chi connectivity index (χ0) is 11.8. The van der Waals surface area contributed by atoms with E-state index < -0.39 is 15.3 Å². The third-order valence-electron chi connectivity index (χ3n) is 2.74. The van der Waals surface area contributed by atoms with E-state index >= 15 is 0 Å². The fourth-order valence-electron chi connectivity index (χ4n) is 1.86. The van der Waals surface area contributed by atoms with Gasteiger partial charge >= 0.3 is 0 Å². The Morgan fingerprint density at radius 2 is 2.25 bits per heavy atom. The van der Waals surface area contributed by atoms with E-state index in [1.807, 2.05) is 0 Å². The molecule has 1 atom stereocenters. The fourth-order valence-corrected chi connectivity index (χ4v) is 3.82. The van der Waals surface area contributed by atoms with E-state index in [4.69, 9.17) is 17.3 Å². The van der Waals surface area contributed by atoms with Crippen molar-refractivity contribution in [3.8, 4) is 0 Å². The summed E-state index contributed by atoms with van der Waals surface area (Å²) in [6, 6.07) is 6.84. The van der Waals surface area contributed by atoms with Crippen LogP contribution in [0.25, 0.3) is 0 Å². The lowest BCUT2D eigenvalue weighted by atomic mass is 10.3. The van der Waals surface area contributed by atoms with Gasteiger partial charge in [0.25, 0.3) is 0 Å². The molecule has 0 aromatic heterocycles. The summed E-state index contributed by atoms with van der Waals surface area (Å²) in [5, 5.41) is 0.0652. The van der Waals surface area contributed by atoms with Crippen LogP contribution in [-0.2, 0) is 10.0 Å². The summed E-state index contributed by atoms with van der Waals surface area (Å²) in [6.07, 6.45) is 0.575. The van der Waals surface area contributed by atoms with Crippen molar-refractivity contribution in [2.24, 2.45) is 5.73 Å². The molecule has 0 radical (unpaired) electrons. The average molecular weight is 261 g/mol. The summed E-state index contributed by atoms with van der Waals surface area (Å²) >= 11 is 5.84. The molecule has 1 aromatic rings. The molecular formula is C10H13ClN2O2S. The highest BCUT2D eigenvalue weighted by atomic mass is 35.5. The Morgan fingerprint density at radius 3 is 2.81 bits per heavy atom. The number of hydrogen-bond donors (Lipinski definition) is 1. The van der Waals surface area contributed by atoms with Crippen LogP contribution in [0.4, 0.5) is 5.69 Å². The van der Waals surface area contributed by atoms with Crippen molar-refractivity contribution < 1.29 is 8.42 Å². The van der Waals surface area contributed by atoms with Gasteiger partial charge in [-0.05, 0) is 24.6 Å². The Morgan fingerprint density at radius 1 is 1.50 bits per heavy atom. The Bertz CT molecular complexity index is 489. The topological polar surface area (TPSA) is 63.4 Å². The lowest BCUT2D eigenvalue weighted by Gasteiger charge is -2.18. The van der Waals surface area contributed by atoms with Gasteiger partial charge in [-0.25, -0.2) is 8.42 Å². The Balaban J connectivity index is 2.37. The van der Waals surface area contributed by atoms with Gasteiger partial charge in [0.2, 0.25) is 10.0 Å². The van der Waals surface area contributed by atoms with Gasteiger partial charge in [0.1, 0.15) is 0 Å². The molecular weight excluding hydrogens is 248 g/mol. The zero-order valence-electron chi connectivity index (χ0n) is 8.64. The first-order valence-corrected chi connectivity index (χ1v) is 6.91. The van der Waals surface area contributed by atoms with E-state index in [9.17, 15) is 8.42 Å². The Kier molecular flexibility index (Phi) is 3.10. The van der Waals surface area contributed by atoms with Gasteiger partial charge in [0.05, 0.1) is 10.9 Å². The van der Waals surface area contributed by atoms with Crippen molar-refractivity contribution in [1.82, 2.24) is 0 Å². The third-order valence-corrected chi connectivity index (χ3v) is 5.26. The molecule has 0 saturated carbocycles. The third kappa shape index (κ3) is 1.90. The molecule has 6 heteroatoms. The van der Waals surface area contributed by atoms with Gasteiger partial charge in [-0.15, -0.1) is 0 Å². The molecule has 88 valence electrons. The first-order chi connectivity index (χ1) is 7.55. The molecule has 1 saturated heterocycles. The maximum Gasteiger partial charge on any atom is 0.239 e. The van der Waals surface area contributed by atoms with Crippen LogP contribution in [-0.4, -0.2) is 26.8 Å². The molecule has 0 aliphatic carbocycles. The van der Waals surface area contributed by atoms with Crippen molar-refractivity contribution in [2.45, 2.75) is 11.7 Å². The summed E-state index contributed by atoms with van der Waals surface area (Å²) in [5.74, 6) is 0. The summed E-state index contributed by atoms with van der Waals surface area (Å²) in [6.45, 7) is 0.643. The molecule has 0 bridgehead atoms. The normalized spacial score (nSPS) is 23.6. The van der Waals surface area contributed by atoms with Gasteiger partial charge in [-0.2, -0.15) is 0 Å². The summed E-state index contributed by atoms with van der Waals surface area (Å²) in [4.78, 5) is 0. The molecule has 1 aliphatic rings. The minimum absolute atomic E-state index is 0.166. The SMILES string of the molecule is NC[C@H]1CCN(c2cccc(Cl)c2)S1(=O)=O. The van der Waals surface area contributed by atoms with Gasteiger partial charge in [0.15, 0.2) is 0 Å². The van der Waals surface area contributed by atoms with Crippen LogP contribution in [0.2, 0.25) is 5.02 Å². The van der Waals surface area contributed by atoms with Gasteiger partial charge in [-0.1, -0.05) is 17.7 Å². The predicted molar refractivity (Wildman–Crippen MR) is 65.2 cm³/mol. The minimum atomic E-state index is -3.30. The van der Waals surface area contributed by atoms with Gasteiger partial charge in [-0.3, -0.25) is 4.31 Å². The monoisotopic (exact) mass is 260 g/mol. The van der Waals surface area contributed by atoms with Crippen molar-refractivity contribution in [3.63, 3.8) is 0 Å². The molecule has 1 aromatic carbocycles. The highest BCUT2D eigenvalue weighted by Crippen LogP contribution is 2.29. The molecule has 1 heterocycles. The highest BCUT2D eigenvalue weighted by Gasteiger charge is 2.37. The standard InChI is InChI=1S/C10H13ClN2O2S/c11-8-2-1-3-9(6-8)13-5-4-10(7-12)16(13,14)15/h1-3,6,10H,4-5,7,12H2/t10-/m1/s1. The Labute approximate surface area is 100 Å². The second-order valence-corrected chi connectivity index (χ2v) is 6.32. The number of benzene rings is 1. The summed E-state index contributed by atoms with van der Waals surface area (Å²) in [7, 11) is -3.30. The second kappa shape index (κ2) is 4.24. The molecule has 0 amide bonds. The average Bonchev–Trinajstić information content (AvgIpc) is 2.53. The number of nitrogens with two attached hydrogens (primary N) is 1. The van der Waals surface area contributed by atoms with E-state index in [1.165, 1.54) is 4.31 Å². The lowest BCUT2D eigenvalue weighted by molar-refractivity contribution is 0.588. The largest absolute Gasteiger partial charge is 0.329 e. The number of sulfonamides is 1. The maximum atomic E-state index is 12.0. The van der Waals surface area contributed by atoms with Crippen LogP contribution in [0.15, 0.2) is 24.3 Å². The van der Waals surface area contributed by atoms with Crippen molar-refractivity contribution in [2.75, 3.05) is 17.4 Å². The molecule has 1 aliphatic heterocycles. The molecule has 2 N–H and O–H groups in total. The van der Waals surface area contributed by atoms with Gasteiger partial charge < -0.3 is 5.73 Å². The highest BCUT2D eigenvalue weighted by molar-refractivity contribution is 7.93. The number of halogens is 1. The quantitative estimate of drug-likeness (QED) is 0.869. The summed E-state index contributed by atoms with van der Waals surface area (Å²) < 4.78 is 25.5. The zero-order valence-corrected chi connectivity index (χ0v) is 10.2. The molecule has 1 fully saturated rings. The van der Waals surface area contributed by atoms with Crippen molar-refractivity contribution in [3.05, 3.63) is 29.3 Å². The molecule has 0 unspecified atom stereocenters. The van der Waals surface area contributed by atoms with E-state index in [0.29, 0.717) is 23.7 Å². The van der Waals surface area contributed by atoms with Crippen LogP contribution in [0.3, 0.4) is 0 Å². The van der Waals surface area contributed by atoms with Crippen LogP contribution >= 0.6 is 11.6 Å². The van der Waals surface area contributed by atoms with Crippen LogP contribution in [0.1, 0.15) is 6.42 Å². The van der Waals surface area contributed by atoms with Crippen molar-refractivity contribution in [1.29, 1.82) is 0 Å². The summed E-state index contributed by atoms with van der Waals surface area (Å²) in [5.41, 5.74) is 6.06. The van der Waals surface area contributed by atoms with Crippen LogP contribution < -0.4 is 10.0 Å². The lowest BCUT2D eigenvalue weighted by Crippen LogP contribution is -2.33. The van der Waals surface area contributed by atoms with Crippen LogP contribution in [0, 0.1) is 0 Å². The fraction of sp³-hybridized carbons (Fsp3) is 0.400. The first-order valence-electron chi connectivity index (χ1n) is 5.03. The van der Waals surface area contributed by atoms with E-state index in [2.05, 4.69) is 0 Å². The predicted octanol–water partition coefficient (Wildman–Crippen LogP) is 1.21. The minimum Gasteiger partial charge on any atom is -0.329 e. The second-order valence-electron chi connectivity index (χ2n) is 3.74. The van der Waals surface area contributed by atoms with E-state index in [0.717, 1.165) is 0 Å². The molecule has 0 spiro atoms. The maximum absolute atomic E-state index is 12.0.